The minimum Gasteiger partial charge on any atom is -0.478 e. The van der Waals surface area contributed by atoms with Crippen LogP contribution in [0.15, 0.2) is 42.5 Å². The van der Waals surface area contributed by atoms with Gasteiger partial charge in [0.15, 0.2) is 0 Å². The Hall–Kier alpha value is -2.56. The fourth-order valence-corrected chi connectivity index (χ4v) is 1.47. The van der Waals surface area contributed by atoms with Crippen molar-refractivity contribution in [2.24, 2.45) is 0 Å². The van der Waals surface area contributed by atoms with Gasteiger partial charge < -0.3 is 14.6 Å². The molecule has 0 bridgehead atoms. The first-order chi connectivity index (χ1) is 9.19. The summed E-state index contributed by atoms with van der Waals surface area (Å²) in [7, 11) is 0. The minimum absolute atomic E-state index is 0.211. The molecular formula is C14H13NO4. The van der Waals surface area contributed by atoms with E-state index in [0.29, 0.717) is 24.1 Å². The fourth-order valence-electron chi connectivity index (χ4n) is 1.47. The molecule has 0 amide bonds. The van der Waals surface area contributed by atoms with Gasteiger partial charge in [-0.3, -0.25) is 0 Å². The molecule has 0 aliphatic heterocycles. The highest BCUT2D eigenvalue weighted by molar-refractivity contribution is 5.87. The zero-order valence-corrected chi connectivity index (χ0v) is 10.4. The van der Waals surface area contributed by atoms with Gasteiger partial charge in [-0.1, -0.05) is 6.07 Å². The van der Waals surface area contributed by atoms with E-state index in [9.17, 15) is 4.79 Å². The summed E-state index contributed by atoms with van der Waals surface area (Å²) in [5.74, 6) is 0.436. The number of nitrogens with zero attached hydrogens (tertiary/aromatic N) is 1. The van der Waals surface area contributed by atoms with E-state index >= 15 is 0 Å². The molecule has 1 aromatic carbocycles. The van der Waals surface area contributed by atoms with Crippen molar-refractivity contribution in [3.05, 3.63) is 48.0 Å². The Morgan fingerprint density at radius 1 is 1.16 bits per heavy atom. The van der Waals surface area contributed by atoms with E-state index in [4.69, 9.17) is 14.6 Å². The number of benzene rings is 1. The summed E-state index contributed by atoms with van der Waals surface area (Å²) in [6.45, 7) is 2.41. The lowest BCUT2D eigenvalue weighted by Gasteiger charge is -2.07. The highest BCUT2D eigenvalue weighted by atomic mass is 16.5. The predicted octanol–water partition coefficient (Wildman–Crippen LogP) is 2.97. The molecule has 19 heavy (non-hydrogen) atoms. The van der Waals surface area contributed by atoms with Gasteiger partial charge in [-0.25, -0.2) is 4.79 Å². The molecule has 1 heterocycles. The lowest BCUT2D eigenvalue weighted by Crippen LogP contribution is -1.97. The number of hydrogen-bond donors (Lipinski definition) is 1. The molecule has 0 aliphatic rings. The molecule has 0 aliphatic carbocycles. The van der Waals surface area contributed by atoms with Gasteiger partial charge in [0.2, 0.25) is 11.8 Å². The Labute approximate surface area is 110 Å². The maximum absolute atomic E-state index is 10.7. The molecule has 0 saturated carbocycles. The predicted molar refractivity (Wildman–Crippen MR) is 68.9 cm³/mol. The maximum Gasteiger partial charge on any atom is 0.335 e. The van der Waals surface area contributed by atoms with E-state index in [2.05, 4.69) is 4.98 Å². The van der Waals surface area contributed by atoms with E-state index in [1.807, 2.05) is 6.92 Å². The van der Waals surface area contributed by atoms with Crippen LogP contribution in [0, 0.1) is 0 Å². The molecule has 0 saturated heterocycles. The molecule has 0 unspecified atom stereocenters. The SMILES string of the molecule is CCOc1cccc(Oc2ccc(C(=O)O)cc2)n1. The van der Waals surface area contributed by atoms with Crippen molar-refractivity contribution >= 4 is 5.97 Å². The lowest BCUT2D eigenvalue weighted by atomic mass is 10.2. The smallest absolute Gasteiger partial charge is 0.335 e. The van der Waals surface area contributed by atoms with E-state index in [1.54, 1.807) is 30.3 Å². The molecule has 2 aromatic rings. The van der Waals surface area contributed by atoms with Crippen molar-refractivity contribution in [3.8, 4) is 17.5 Å². The Balaban J connectivity index is 2.12. The quantitative estimate of drug-likeness (QED) is 0.893. The summed E-state index contributed by atoms with van der Waals surface area (Å²) in [5.41, 5.74) is 0.211. The molecule has 0 radical (unpaired) electrons. The normalized spacial score (nSPS) is 9.95. The summed E-state index contributed by atoms with van der Waals surface area (Å²) < 4.78 is 10.8. The van der Waals surface area contributed by atoms with E-state index in [0.717, 1.165) is 0 Å². The molecule has 5 nitrogen and oxygen atoms in total. The zero-order chi connectivity index (χ0) is 13.7. The van der Waals surface area contributed by atoms with Gasteiger partial charge in [0.25, 0.3) is 0 Å². The molecule has 0 fully saturated rings. The monoisotopic (exact) mass is 259 g/mol. The summed E-state index contributed by atoms with van der Waals surface area (Å²) >= 11 is 0. The van der Waals surface area contributed by atoms with Crippen LogP contribution in [0.5, 0.6) is 17.5 Å². The first kappa shape index (κ1) is 12.9. The van der Waals surface area contributed by atoms with Crippen molar-refractivity contribution < 1.29 is 19.4 Å². The van der Waals surface area contributed by atoms with Crippen LogP contribution in [0.4, 0.5) is 0 Å². The van der Waals surface area contributed by atoms with Crippen molar-refractivity contribution in [2.45, 2.75) is 6.92 Å². The first-order valence-corrected chi connectivity index (χ1v) is 5.80. The van der Waals surface area contributed by atoms with E-state index in [1.165, 1.54) is 12.1 Å². The van der Waals surface area contributed by atoms with Crippen molar-refractivity contribution in [1.82, 2.24) is 4.98 Å². The molecule has 98 valence electrons. The number of carboxylic acid groups (broad SMARTS) is 1. The number of ether oxygens (including phenoxy) is 2. The third-order valence-electron chi connectivity index (χ3n) is 2.31. The highest BCUT2D eigenvalue weighted by Gasteiger charge is 2.04. The summed E-state index contributed by atoms with van der Waals surface area (Å²) in [6.07, 6.45) is 0. The van der Waals surface area contributed by atoms with Gasteiger partial charge in [-0.15, -0.1) is 0 Å². The number of carboxylic acids is 1. The third kappa shape index (κ3) is 3.45. The zero-order valence-electron chi connectivity index (χ0n) is 10.4. The molecule has 1 aromatic heterocycles. The summed E-state index contributed by atoms with van der Waals surface area (Å²) in [5, 5.41) is 8.79. The van der Waals surface area contributed by atoms with Crippen molar-refractivity contribution in [1.29, 1.82) is 0 Å². The minimum atomic E-state index is -0.969. The second-order valence-electron chi connectivity index (χ2n) is 3.68. The number of aromatic nitrogens is 1. The van der Waals surface area contributed by atoms with Crippen LogP contribution in [0.25, 0.3) is 0 Å². The average molecular weight is 259 g/mol. The maximum atomic E-state index is 10.7. The molecule has 5 heteroatoms. The standard InChI is InChI=1S/C14H13NO4/c1-2-18-12-4-3-5-13(15-12)19-11-8-6-10(7-9-11)14(16)17/h3-9H,2H2,1H3,(H,16,17). The fraction of sp³-hybridized carbons (Fsp3) is 0.143. The Kier molecular flexibility index (Phi) is 3.97. The first-order valence-electron chi connectivity index (χ1n) is 5.80. The van der Waals surface area contributed by atoms with Gasteiger partial charge in [-0.2, -0.15) is 4.98 Å². The Morgan fingerprint density at radius 3 is 2.47 bits per heavy atom. The van der Waals surface area contributed by atoms with Crippen LogP contribution >= 0.6 is 0 Å². The summed E-state index contributed by atoms with van der Waals surface area (Å²) in [4.78, 5) is 14.9. The van der Waals surface area contributed by atoms with Crippen molar-refractivity contribution in [3.63, 3.8) is 0 Å². The average Bonchev–Trinajstić information content (AvgIpc) is 2.40. The van der Waals surface area contributed by atoms with Crippen LogP contribution in [-0.2, 0) is 0 Å². The number of pyridine rings is 1. The number of carbonyl (C=O) groups is 1. The van der Waals surface area contributed by atoms with Crippen LogP contribution in [0.2, 0.25) is 0 Å². The lowest BCUT2D eigenvalue weighted by molar-refractivity contribution is 0.0697. The Bertz CT molecular complexity index is 566. The summed E-state index contributed by atoms with van der Waals surface area (Å²) in [6, 6.07) is 11.3. The number of hydrogen-bond acceptors (Lipinski definition) is 4. The molecule has 1 N–H and O–H groups in total. The topological polar surface area (TPSA) is 68.7 Å². The van der Waals surface area contributed by atoms with E-state index in [-0.39, 0.29) is 5.56 Å². The molecule has 2 rings (SSSR count). The largest absolute Gasteiger partial charge is 0.478 e. The number of rotatable bonds is 5. The molecule has 0 atom stereocenters. The van der Waals surface area contributed by atoms with Gasteiger partial charge in [0.05, 0.1) is 12.2 Å². The van der Waals surface area contributed by atoms with Crippen LogP contribution in [0.1, 0.15) is 17.3 Å². The van der Waals surface area contributed by atoms with Crippen LogP contribution in [0.3, 0.4) is 0 Å². The van der Waals surface area contributed by atoms with Gasteiger partial charge in [0.1, 0.15) is 5.75 Å². The molecule has 0 spiro atoms. The van der Waals surface area contributed by atoms with Crippen LogP contribution in [-0.4, -0.2) is 22.7 Å². The number of aromatic carboxylic acids is 1. The third-order valence-corrected chi connectivity index (χ3v) is 2.31. The van der Waals surface area contributed by atoms with Crippen LogP contribution < -0.4 is 9.47 Å². The molecular weight excluding hydrogens is 246 g/mol. The van der Waals surface area contributed by atoms with Gasteiger partial charge >= 0.3 is 5.97 Å². The highest BCUT2D eigenvalue weighted by Crippen LogP contribution is 2.21. The van der Waals surface area contributed by atoms with Gasteiger partial charge in [-0.05, 0) is 31.2 Å². The Morgan fingerprint density at radius 2 is 1.84 bits per heavy atom. The second kappa shape index (κ2) is 5.86. The van der Waals surface area contributed by atoms with Gasteiger partial charge in [0, 0.05) is 12.1 Å². The second-order valence-corrected chi connectivity index (χ2v) is 3.68. The van der Waals surface area contributed by atoms with E-state index < -0.39 is 5.97 Å². The van der Waals surface area contributed by atoms with Crippen molar-refractivity contribution in [2.75, 3.05) is 6.61 Å².